The van der Waals surface area contributed by atoms with Crippen molar-refractivity contribution in [1.29, 1.82) is 0 Å². The summed E-state index contributed by atoms with van der Waals surface area (Å²) >= 11 is 1.85. The zero-order valence-electron chi connectivity index (χ0n) is 5.69. The Hall–Kier alpha value is -0.110. The molecule has 0 amide bonds. The molecule has 0 aliphatic heterocycles. The van der Waals surface area contributed by atoms with E-state index in [-0.39, 0.29) is 0 Å². The summed E-state index contributed by atoms with van der Waals surface area (Å²) in [5.41, 5.74) is 0. The number of thioether (sulfide) groups is 1. The highest BCUT2D eigenvalue weighted by molar-refractivity contribution is 8.03. The molecule has 2 heteroatoms. The van der Waals surface area contributed by atoms with E-state index in [9.17, 15) is 0 Å². The van der Waals surface area contributed by atoms with Crippen LogP contribution in [-0.2, 0) is 0 Å². The fourth-order valence-corrected chi connectivity index (χ4v) is 1.13. The van der Waals surface area contributed by atoms with Gasteiger partial charge in [0, 0.05) is 13.2 Å². The van der Waals surface area contributed by atoms with E-state index in [0.29, 0.717) is 0 Å². The lowest BCUT2D eigenvalue weighted by Gasteiger charge is -1.94. The van der Waals surface area contributed by atoms with Crippen LogP contribution in [0.15, 0.2) is 11.1 Å². The molecule has 1 nitrogen and oxygen atoms in total. The molecule has 0 rings (SSSR count). The van der Waals surface area contributed by atoms with Crippen LogP contribution in [0.4, 0.5) is 0 Å². The molecule has 1 N–H and O–H groups in total. The van der Waals surface area contributed by atoms with E-state index < -0.39 is 0 Å². The summed E-state index contributed by atoms with van der Waals surface area (Å²) in [6.45, 7) is 4.25. The molecule has 0 aromatic heterocycles. The van der Waals surface area contributed by atoms with Gasteiger partial charge >= 0.3 is 0 Å². The summed E-state index contributed by atoms with van der Waals surface area (Å²) in [6.07, 6.45) is 2.01. The van der Waals surface area contributed by atoms with E-state index >= 15 is 0 Å². The van der Waals surface area contributed by atoms with Gasteiger partial charge in [0.15, 0.2) is 0 Å². The van der Waals surface area contributed by atoms with Gasteiger partial charge in [-0.05, 0) is 17.6 Å². The maximum Gasteiger partial charge on any atom is 0.00553 e. The van der Waals surface area contributed by atoms with Gasteiger partial charge in [-0.15, -0.1) is 11.8 Å². The molecule has 0 unspecified atom stereocenters. The minimum Gasteiger partial charge on any atom is -0.393 e. The molecule has 48 valence electrons. The molecule has 0 aliphatic rings. The van der Waals surface area contributed by atoms with Gasteiger partial charge in [-0.1, -0.05) is 6.92 Å². The van der Waals surface area contributed by atoms with Gasteiger partial charge in [-0.3, -0.25) is 0 Å². The molecule has 0 fully saturated rings. The number of hydrogen-bond acceptors (Lipinski definition) is 2. The Labute approximate surface area is 55.5 Å². The van der Waals surface area contributed by atoms with Crippen molar-refractivity contribution in [3.8, 4) is 0 Å². The van der Waals surface area contributed by atoms with Crippen LogP contribution in [0.25, 0.3) is 0 Å². The molecule has 0 aromatic carbocycles. The third-order valence-corrected chi connectivity index (χ3v) is 1.58. The number of rotatable bonds is 3. The third-order valence-electron chi connectivity index (χ3n) is 0.720. The van der Waals surface area contributed by atoms with Crippen LogP contribution in [0.1, 0.15) is 13.8 Å². The molecule has 0 aromatic rings. The van der Waals surface area contributed by atoms with E-state index in [1.807, 2.05) is 25.0 Å². The fraction of sp³-hybridized carbons (Fsp3) is 0.667. The molecule has 0 bridgehead atoms. The highest BCUT2D eigenvalue weighted by Crippen LogP contribution is 2.11. The van der Waals surface area contributed by atoms with Crippen LogP contribution in [0.3, 0.4) is 0 Å². The first-order valence-electron chi connectivity index (χ1n) is 2.78. The standard InChI is InChI=1S/C6H13NS/c1-4-8-6(2)5-7-3/h5,7H,4H2,1-3H3/b6-5-. The largest absolute Gasteiger partial charge is 0.393 e. The SMILES string of the molecule is CCS/C(C)=C\NC. The zero-order valence-corrected chi connectivity index (χ0v) is 6.51. The van der Waals surface area contributed by atoms with Gasteiger partial charge in [0.25, 0.3) is 0 Å². The zero-order chi connectivity index (χ0) is 6.41. The van der Waals surface area contributed by atoms with Gasteiger partial charge < -0.3 is 5.32 Å². The molecule has 0 heterocycles. The molecule has 0 saturated heterocycles. The Kier molecular flexibility index (Phi) is 4.97. The Balaban J connectivity index is 3.29. The van der Waals surface area contributed by atoms with Gasteiger partial charge in [0.2, 0.25) is 0 Å². The second kappa shape index (κ2) is 5.04. The predicted octanol–water partition coefficient (Wildman–Crippen LogP) is 1.82. The van der Waals surface area contributed by atoms with Crippen LogP contribution in [0, 0.1) is 0 Å². The summed E-state index contributed by atoms with van der Waals surface area (Å²) in [4.78, 5) is 1.34. The Bertz CT molecular complexity index is 78.6. The molecule has 0 atom stereocenters. The van der Waals surface area contributed by atoms with E-state index in [1.165, 1.54) is 4.91 Å². The van der Waals surface area contributed by atoms with Crippen molar-refractivity contribution in [1.82, 2.24) is 5.32 Å². The lowest BCUT2D eigenvalue weighted by molar-refractivity contribution is 1.09. The predicted molar refractivity (Wildman–Crippen MR) is 40.9 cm³/mol. The van der Waals surface area contributed by atoms with Crippen molar-refractivity contribution in [3.05, 3.63) is 11.1 Å². The average molecular weight is 131 g/mol. The maximum absolute atomic E-state index is 2.97. The topological polar surface area (TPSA) is 12.0 Å². The summed E-state index contributed by atoms with van der Waals surface area (Å²) in [5.74, 6) is 1.16. The van der Waals surface area contributed by atoms with Crippen LogP contribution in [-0.4, -0.2) is 12.8 Å². The van der Waals surface area contributed by atoms with Crippen molar-refractivity contribution < 1.29 is 0 Å². The highest BCUT2D eigenvalue weighted by atomic mass is 32.2. The minimum absolute atomic E-state index is 1.16. The van der Waals surface area contributed by atoms with E-state index in [1.54, 1.807) is 0 Å². The Morgan fingerprint density at radius 3 is 2.75 bits per heavy atom. The average Bonchev–Trinajstić information content (AvgIpc) is 1.68. The quantitative estimate of drug-likeness (QED) is 0.627. The van der Waals surface area contributed by atoms with Crippen molar-refractivity contribution >= 4 is 11.8 Å². The van der Waals surface area contributed by atoms with Crippen LogP contribution < -0.4 is 5.32 Å². The Morgan fingerprint density at radius 2 is 2.38 bits per heavy atom. The lowest BCUT2D eigenvalue weighted by Crippen LogP contribution is -1.92. The molecule has 0 radical (unpaired) electrons. The van der Waals surface area contributed by atoms with E-state index in [0.717, 1.165) is 5.75 Å². The first kappa shape index (κ1) is 7.89. The van der Waals surface area contributed by atoms with Crippen molar-refractivity contribution in [2.75, 3.05) is 12.8 Å². The normalized spacial score (nSPS) is 11.6. The molecular weight excluding hydrogens is 118 g/mol. The van der Waals surface area contributed by atoms with Gasteiger partial charge in [-0.2, -0.15) is 0 Å². The summed E-state index contributed by atoms with van der Waals surface area (Å²) in [5, 5.41) is 2.97. The fourth-order valence-electron chi connectivity index (χ4n) is 0.473. The smallest absolute Gasteiger partial charge is 0.00553 e. The van der Waals surface area contributed by atoms with Crippen molar-refractivity contribution in [3.63, 3.8) is 0 Å². The summed E-state index contributed by atoms with van der Waals surface area (Å²) in [6, 6.07) is 0. The summed E-state index contributed by atoms with van der Waals surface area (Å²) < 4.78 is 0. The maximum atomic E-state index is 2.97. The Morgan fingerprint density at radius 1 is 1.75 bits per heavy atom. The van der Waals surface area contributed by atoms with Gasteiger partial charge in [-0.25, -0.2) is 0 Å². The molecular formula is C6H13NS. The van der Waals surface area contributed by atoms with Gasteiger partial charge in [0.1, 0.15) is 0 Å². The number of nitrogens with one attached hydrogen (secondary N) is 1. The number of hydrogen-bond donors (Lipinski definition) is 1. The van der Waals surface area contributed by atoms with Gasteiger partial charge in [0.05, 0.1) is 0 Å². The molecule has 8 heavy (non-hydrogen) atoms. The monoisotopic (exact) mass is 131 g/mol. The minimum atomic E-state index is 1.16. The van der Waals surface area contributed by atoms with Crippen LogP contribution >= 0.6 is 11.8 Å². The molecule has 0 saturated carbocycles. The lowest BCUT2D eigenvalue weighted by atomic mass is 10.7. The van der Waals surface area contributed by atoms with Crippen LogP contribution in [0.2, 0.25) is 0 Å². The molecule has 0 aliphatic carbocycles. The third kappa shape index (κ3) is 4.06. The summed E-state index contributed by atoms with van der Waals surface area (Å²) in [7, 11) is 1.92. The highest BCUT2D eigenvalue weighted by Gasteiger charge is 1.82. The van der Waals surface area contributed by atoms with Crippen LogP contribution in [0.5, 0.6) is 0 Å². The first-order valence-corrected chi connectivity index (χ1v) is 3.76. The second-order valence-corrected chi connectivity index (χ2v) is 2.99. The van der Waals surface area contributed by atoms with Crippen molar-refractivity contribution in [2.24, 2.45) is 0 Å². The van der Waals surface area contributed by atoms with E-state index in [4.69, 9.17) is 0 Å². The second-order valence-electron chi connectivity index (χ2n) is 1.48. The van der Waals surface area contributed by atoms with Crippen molar-refractivity contribution in [2.45, 2.75) is 13.8 Å². The first-order chi connectivity index (χ1) is 3.81. The molecule has 0 spiro atoms. The van der Waals surface area contributed by atoms with E-state index in [2.05, 4.69) is 19.2 Å². The number of allylic oxidation sites excluding steroid dienone is 1.